The Hall–Kier alpha value is -3.17. The number of carbonyl (C=O) groups is 1. The lowest BCUT2D eigenvalue weighted by molar-refractivity contribution is -0.141. The Kier molecular flexibility index (Phi) is 6.80. The number of methoxy groups -OCH3 is 1. The smallest absolute Gasteiger partial charge is 0.251 e. The second-order valence-corrected chi connectivity index (χ2v) is 8.22. The largest absolute Gasteiger partial charge is 0.493 e. The van der Waals surface area contributed by atoms with Gasteiger partial charge >= 0.3 is 0 Å². The van der Waals surface area contributed by atoms with Crippen LogP contribution in [-0.2, 0) is 4.79 Å². The van der Waals surface area contributed by atoms with Gasteiger partial charge in [-0.1, -0.05) is 11.6 Å². The summed E-state index contributed by atoms with van der Waals surface area (Å²) in [6.07, 6.45) is 1.60. The number of fused-ring (bicyclic) bond motifs is 1. The minimum Gasteiger partial charge on any atom is -0.493 e. The van der Waals surface area contributed by atoms with Crippen LogP contribution in [0.1, 0.15) is 19.8 Å². The van der Waals surface area contributed by atoms with E-state index in [1.54, 1.807) is 30.2 Å². The van der Waals surface area contributed by atoms with Gasteiger partial charge in [0.15, 0.2) is 11.5 Å². The number of aliphatic hydroxyl groups is 1. The Balaban J connectivity index is 1.54. The van der Waals surface area contributed by atoms with Crippen molar-refractivity contribution < 1.29 is 23.8 Å². The van der Waals surface area contributed by atoms with Gasteiger partial charge in [-0.25, -0.2) is 14.4 Å². The molecule has 1 amide bonds. The second-order valence-electron chi connectivity index (χ2n) is 7.81. The zero-order valence-electron chi connectivity index (χ0n) is 18.2. The van der Waals surface area contributed by atoms with Crippen molar-refractivity contribution in [2.24, 2.45) is 0 Å². The van der Waals surface area contributed by atoms with Crippen LogP contribution in [0.25, 0.3) is 10.9 Å². The van der Waals surface area contributed by atoms with E-state index >= 15 is 0 Å². The van der Waals surface area contributed by atoms with Crippen LogP contribution >= 0.6 is 11.6 Å². The number of piperidine rings is 1. The molecule has 10 heteroatoms. The van der Waals surface area contributed by atoms with Crippen molar-refractivity contribution in [3.8, 4) is 11.5 Å². The summed E-state index contributed by atoms with van der Waals surface area (Å²) in [5.74, 6) is 0.799. The molecule has 2 heterocycles. The maximum absolute atomic E-state index is 13.5. The number of nitrogens with zero attached hydrogens (tertiary/aromatic N) is 3. The molecule has 4 rings (SSSR count). The predicted molar refractivity (Wildman–Crippen MR) is 123 cm³/mol. The molecule has 1 aromatic heterocycles. The zero-order chi connectivity index (χ0) is 23.5. The van der Waals surface area contributed by atoms with E-state index in [9.17, 15) is 14.3 Å². The van der Waals surface area contributed by atoms with Crippen molar-refractivity contribution in [2.75, 3.05) is 25.5 Å². The van der Waals surface area contributed by atoms with E-state index < -0.39 is 11.9 Å². The molecule has 0 unspecified atom stereocenters. The fourth-order valence-corrected chi connectivity index (χ4v) is 3.94. The highest BCUT2D eigenvalue weighted by molar-refractivity contribution is 6.31. The molecular formula is C23H24ClFN4O4. The average Bonchev–Trinajstić information content (AvgIpc) is 2.81. The summed E-state index contributed by atoms with van der Waals surface area (Å²) in [5, 5.41) is 13.3. The summed E-state index contributed by atoms with van der Waals surface area (Å²) in [5.41, 5.74) is 1.22. The molecule has 2 aromatic carbocycles. The molecule has 0 aliphatic carbocycles. The molecule has 0 saturated carbocycles. The van der Waals surface area contributed by atoms with Gasteiger partial charge < -0.3 is 24.8 Å². The fourth-order valence-electron chi connectivity index (χ4n) is 3.76. The highest BCUT2D eigenvalue weighted by Crippen LogP contribution is 2.36. The third-order valence-electron chi connectivity index (χ3n) is 5.51. The number of anilines is 2. The second kappa shape index (κ2) is 9.76. The summed E-state index contributed by atoms with van der Waals surface area (Å²) < 4.78 is 25.2. The molecule has 1 fully saturated rings. The van der Waals surface area contributed by atoms with Gasteiger partial charge in [-0.2, -0.15) is 0 Å². The lowest BCUT2D eigenvalue weighted by atomic mass is 10.1. The normalized spacial score (nSPS) is 15.4. The van der Waals surface area contributed by atoms with Crippen LogP contribution in [0.2, 0.25) is 5.02 Å². The maximum atomic E-state index is 13.5. The summed E-state index contributed by atoms with van der Waals surface area (Å²) in [7, 11) is 1.55. The first kappa shape index (κ1) is 23.0. The first-order valence-electron chi connectivity index (χ1n) is 10.5. The molecule has 2 N–H and O–H groups in total. The number of aliphatic hydroxyl groups excluding tert-OH is 1. The summed E-state index contributed by atoms with van der Waals surface area (Å²) in [4.78, 5) is 22.3. The maximum Gasteiger partial charge on any atom is 0.251 e. The van der Waals surface area contributed by atoms with Gasteiger partial charge in [-0.05, 0) is 31.2 Å². The molecule has 1 aliphatic heterocycles. The Bertz CT molecular complexity index is 1170. The number of carbonyl (C=O) groups excluding carboxylic acids is 1. The SMILES string of the molecule is COc1cc2c(Nc3ccc(F)c(Cl)c3)ncnc2cc1OC1CCN(C(=O)[C@H](C)O)CC1. The van der Waals surface area contributed by atoms with E-state index in [-0.39, 0.29) is 17.0 Å². The zero-order valence-corrected chi connectivity index (χ0v) is 19.0. The number of hydrogen-bond donors (Lipinski definition) is 2. The van der Waals surface area contributed by atoms with Crippen LogP contribution in [0, 0.1) is 5.82 Å². The molecular weight excluding hydrogens is 451 g/mol. The van der Waals surface area contributed by atoms with E-state index in [2.05, 4.69) is 15.3 Å². The number of rotatable bonds is 6. The summed E-state index contributed by atoms with van der Waals surface area (Å²) >= 11 is 5.88. The molecule has 0 bridgehead atoms. The summed E-state index contributed by atoms with van der Waals surface area (Å²) in [6, 6.07) is 7.89. The van der Waals surface area contributed by atoms with E-state index in [1.807, 2.05) is 0 Å². The van der Waals surface area contributed by atoms with Crippen LogP contribution in [0.4, 0.5) is 15.9 Å². The van der Waals surface area contributed by atoms with Gasteiger partial charge in [0, 0.05) is 43.1 Å². The van der Waals surface area contributed by atoms with Crippen molar-refractivity contribution in [1.82, 2.24) is 14.9 Å². The van der Waals surface area contributed by atoms with Crippen LogP contribution in [0.5, 0.6) is 11.5 Å². The quantitative estimate of drug-likeness (QED) is 0.558. The summed E-state index contributed by atoms with van der Waals surface area (Å²) in [6.45, 7) is 2.50. The lowest BCUT2D eigenvalue weighted by Gasteiger charge is -2.33. The topological polar surface area (TPSA) is 96.8 Å². The van der Waals surface area contributed by atoms with Gasteiger partial charge in [-0.15, -0.1) is 0 Å². The number of ether oxygens (including phenoxy) is 2. The minimum atomic E-state index is -1.00. The van der Waals surface area contributed by atoms with Crippen LogP contribution in [-0.4, -0.2) is 58.3 Å². The van der Waals surface area contributed by atoms with Crippen molar-refractivity contribution >= 4 is 39.9 Å². The van der Waals surface area contributed by atoms with Gasteiger partial charge in [0.2, 0.25) is 0 Å². The van der Waals surface area contributed by atoms with Crippen LogP contribution in [0.15, 0.2) is 36.7 Å². The molecule has 1 aliphatic rings. The van der Waals surface area contributed by atoms with Crippen LogP contribution < -0.4 is 14.8 Å². The Morgan fingerprint density at radius 1 is 1.24 bits per heavy atom. The number of aromatic nitrogens is 2. The fraction of sp³-hybridized carbons (Fsp3) is 0.348. The highest BCUT2D eigenvalue weighted by Gasteiger charge is 2.27. The standard InChI is InChI=1S/C23H24ClFN4O4/c1-13(30)23(31)29-7-5-15(6-8-29)33-21-11-19-16(10-20(21)32-2)22(27-12-26-19)28-14-3-4-18(25)17(24)9-14/h3-4,9-13,15,30H,5-8H2,1-2H3,(H,26,27,28)/t13-/m0/s1. The predicted octanol–water partition coefficient (Wildman–Crippen LogP) is 3.93. The Morgan fingerprint density at radius 2 is 2.00 bits per heavy atom. The number of hydrogen-bond acceptors (Lipinski definition) is 7. The monoisotopic (exact) mass is 474 g/mol. The van der Waals surface area contributed by atoms with Crippen LogP contribution in [0.3, 0.4) is 0 Å². The minimum absolute atomic E-state index is 0.00724. The molecule has 33 heavy (non-hydrogen) atoms. The van der Waals surface area contributed by atoms with Gasteiger partial charge in [0.1, 0.15) is 30.2 Å². The van der Waals surface area contributed by atoms with Gasteiger partial charge in [-0.3, -0.25) is 4.79 Å². The third kappa shape index (κ3) is 5.09. The first-order chi connectivity index (χ1) is 15.9. The van der Waals surface area contributed by atoms with E-state index in [4.69, 9.17) is 21.1 Å². The third-order valence-corrected chi connectivity index (χ3v) is 5.80. The molecule has 3 aromatic rings. The number of halogens is 2. The van der Waals surface area contributed by atoms with E-state index in [0.29, 0.717) is 59.8 Å². The van der Waals surface area contributed by atoms with Gasteiger partial charge in [0.05, 0.1) is 17.6 Å². The van der Waals surface area contributed by atoms with E-state index in [1.165, 1.54) is 25.4 Å². The number of amides is 1. The highest BCUT2D eigenvalue weighted by atomic mass is 35.5. The average molecular weight is 475 g/mol. The molecule has 0 radical (unpaired) electrons. The van der Waals surface area contributed by atoms with Crippen molar-refractivity contribution in [3.63, 3.8) is 0 Å². The molecule has 1 atom stereocenters. The van der Waals surface area contributed by atoms with Crippen molar-refractivity contribution in [3.05, 3.63) is 47.5 Å². The Labute approximate surface area is 195 Å². The lowest BCUT2D eigenvalue weighted by Crippen LogP contribution is -2.45. The van der Waals surface area contributed by atoms with Crippen molar-refractivity contribution in [1.29, 1.82) is 0 Å². The molecule has 0 spiro atoms. The van der Waals surface area contributed by atoms with Gasteiger partial charge in [0.25, 0.3) is 5.91 Å². The Morgan fingerprint density at radius 3 is 2.67 bits per heavy atom. The first-order valence-corrected chi connectivity index (χ1v) is 10.9. The van der Waals surface area contributed by atoms with Crippen molar-refractivity contribution in [2.45, 2.75) is 32.0 Å². The number of nitrogens with one attached hydrogen (secondary N) is 1. The molecule has 8 nitrogen and oxygen atoms in total. The number of benzene rings is 2. The molecule has 1 saturated heterocycles. The molecule has 174 valence electrons. The van der Waals surface area contributed by atoms with E-state index in [0.717, 1.165) is 0 Å². The number of likely N-dealkylation sites (tertiary alicyclic amines) is 1.